The second kappa shape index (κ2) is 9.03. The fourth-order valence-corrected chi connectivity index (χ4v) is 4.52. The second-order valence-electron chi connectivity index (χ2n) is 6.43. The van der Waals surface area contributed by atoms with Gasteiger partial charge in [0.05, 0.1) is 17.9 Å². The molecule has 0 saturated carbocycles. The van der Waals surface area contributed by atoms with E-state index >= 15 is 0 Å². The number of carbonyl (C=O) groups excluding carboxylic acids is 1. The number of rotatable bonds is 6. The minimum atomic E-state index is -0.361. The van der Waals surface area contributed by atoms with Gasteiger partial charge in [-0.2, -0.15) is 5.26 Å². The molecular weight excluding hydrogens is 402 g/mol. The molecule has 148 valence electrons. The van der Waals surface area contributed by atoms with Crippen molar-refractivity contribution in [3.8, 4) is 17.3 Å². The average molecular weight is 424 g/mol. The number of nitrogens with zero attached hydrogens (tertiary/aromatic N) is 2. The molecule has 2 heterocycles. The minimum absolute atomic E-state index is 0.312. The Morgan fingerprint density at radius 3 is 2.66 bits per heavy atom. The number of thiophene rings is 1. The lowest BCUT2D eigenvalue weighted by Crippen LogP contribution is -2.07. The van der Waals surface area contributed by atoms with E-state index in [1.165, 1.54) is 28.2 Å². The summed E-state index contributed by atoms with van der Waals surface area (Å²) in [6.45, 7) is 7.98. The molecule has 29 heavy (non-hydrogen) atoms. The molecule has 0 bridgehead atoms. The zero-order valence-electron chi connectivity index (χ0n) is 16.7. The number of aromatic nitrogens is 1. The van der Waals surface area contributed by atoms with Gasteiger partial charge in [-0.25, -0.2) is 9.78 Å². The van der Waals surface area contributed by atoms with Crippen molar-refractivity contribution in [1.29, 1.82) is 5.26 Å². The maximum Gasteiger partial charge on any atom is 0.341 e. The topological polar surface area (TPSA) is 75.0 Å². The molecule has 0 aliphatic heterocycles. The van der Waals surface area contributed by atoms with E-state index in [1.54, 1.807) is 13.1 Å². The molecular formula is C22H21N3O2S2. The molecule has 0 amide bonds. The summed E-state index contributed by atoms with van der Waals surface area (Å²) in [6.07, 6.45) is 1.60. The molecule has 3 aromatic rings. The van der Waals surface area contributed by atoms with E-state index in [4.69, 9.17) is 4.74 Å². The number of allylic oxidation sites excluding steroid dienone is 1. The lowest BCUT2D eigenvalue weighted by Gasteiger charge is -2.05. The Morgan fingerprint density at radius 1 is 1.28 bits per heavy atom. The van der Waals surface area contributed by atoms with Gasteiger partial charge in [-0.3, -0.25) is 0 Å². The van der Waals surface area contributed by atoms with Gasteiger partial charge in [0.25, 0.3) is 0 Å². The highest BCUT2D eigenvalue weighted by molar-refractivity contribution is 7.16. The zero-order chi connectivity index (χ0) is 21.0. The van der Waals surface area contributed by atoms with Gasteiger partial charge in [0.2, 0.25) is 0 Å². The van der Waals surface area contributed by atoms with Crippen LogP contribution in [0.3, 0.4) is 0 Å². The minimum Gasteiger partial charge on any atom is -0.462 e. The van der Waals surface area contributed by atoms with Crippen LogP contribution < -0.4 is 5.32 Å². The van der Waals surface area contributed by atoms with Crippen molar-refractivity contribution in [2.45, 2.75) is 27.7 Å². The van der Waals surface area contributed by atoms with E-state index in [0.29, 0.717) is 27.8 Å². The van der Waals surface area contributed by atoms with Crippen LogP contribution in [0.5, 0.6) is 0 Å². The number of anilines is 1. The Labute approximate surface area is 178 Å². The molecule has 7 heteroatoms. The number of hydrogen-bond acceptors (Lipinski definition) is 7. The lowest BCUT2D eigenvalue weighted by molar-refractivity contribution is 0.0527. The molecule has 0 fully saturated rings. The van der Waals surface area contributed by atoms with Crippen LogP contribution in [0.2, 0.25) is 0 Å². The number of carbonyl (C=O) groups is 1. The molecule has 0 aliphatic carbocycles. The van der Waals surface area contributed by atoms with Crippen LogP contribution in [0.1, 0.15) is 38.3 Å². The Bertz CT molecular complexity index is 1100. The van der Waals surface area contributed by atoms with Gasteiger partial charge < -0.3 is 10.1 Å². The van der Waals surface area contributed by atoms with Crippen LogP contribution in [-0.4, -0.2) is 17.6 Å². The molecule has 0 saturated heterocycles. The van der Waals surface area contributed by atoms with Crippen LogP contribution in [0.4, 0.5) is 5.00 Å². The smallest absolute Gasteiger partial charge is 0.341 e. The van der Waals surface area contributed by atoms with Crippen LogP contribution in [0.15, 0.2) is 35.8 Å². The lowest BCUT2D eigenvalue weighted by atomic mass is 10.1. The van der Waals surface area contributed by atoms with E-state index in [1.807, 2.05) is 50.4 Å². The Hall–Kier alpha value is -2.95. The van der Waals surface area contributed by atoms with Crippen molar-refractivity contribution < 1.29 is 9.53 Å². The summed E-state index contributed by atoms with van der Waals surface area (Å²) in [5.41, 5.74) is 4.84. The molecule has 5 nitrogen and oxygen atoms in total. The Balaban J connectivity index is 1.87. The summed E-state index contributed by atoms with van der Waals surface area (Å²) in [4.78, 5) is 17.9. The molecule has 1 N–H and O–H groups in total. The summed E-state index contributed by atoms with van der Waals surface area (Å²) in [5, 5.41) is 16.0. The van der Waals surface area contributed by atoms with E-state index in [2.05, 4.69) is 16.4 Å². The van der Waals surface area contributed by atoms with Gasteiger partial charge in [-0.1, -0.05) is 29.8 Å². The van der Waals surface area contributed by atoms with Crippen molar-refractivity contribution in [3.63, 3.8) is 0 Å². The second-order valence-corrected chi connectivity index (χ2v) is 8.51. The Morgan fingerprint density at radius 2 is 2.00 bits per heavy atom. The number of esters is 1. The summed E-state index contributed by atoms with van der Waals surface area (Å²) < 4.78 is 5.17. The summed E-state index contributed by atoms with van der Waals surface area (Å²) in [7, 11) is 0. The summed E-state index contributed by atoms with van der Waals surface area (Å²) in [6, 6.07) is 10.3. The van der Waals surface area contributed by atoms with E-state index < -0.39 is 0 Å². The fraction of sp³-hybridized carbons (Fsp3) is 0.227. The molecule has 0 aliphatic rings. The van der Waals surface area contributed by atoms with Crippen LogP contribution in [0.25, 0.3) is 16.8 Å². The predicted molar refractivity (Wildman–Crippen MR) is 119 cm³/mol. The van der Waals surface area contributed by atoms with Crippen LogP contribution in [0, 0.1) is 32.1 Å². The largest absolute Gasteiger partial charge is 0.462 e. The van der Waals surface area contributed by atoms with Crippen molar-refractivity contribution in [3.05, 3.63) is 62.4 Å². The first-order chi connectivity index (χ1) is 13.9. The maximum absolute atomic E-state index is 12.3. The van der Waals surface area contributed by atoms with Crippen molar-refractivity contribution in [2.75, 3.05) is 11.9 Å². The SMILES string of the molecule is CCOC(=O)c1c(NC=C(C#N)c2nc(-c3ccc(C)cc3)cs2)sc(C)c1C. The third-order valence-electron chi connectivity index (χ3n) is 4.41. The standard InChI is InChI=1S/C22H21N3O2S2/c1-5-27-22(26)19-14(3)15(4)29-21(19)24-11-17(10-23)20-25-18(12-28-20)16-8-6-13(2)7-9-16/h6-9,11-12,24H,5H2,1-4H3. The summed E-state index contributed by atoms with van der Waals surface area (Å²) in [5.74, 6) is -0.361. The van der Waals surface area contributed by atoms with E-state index in [-0.39, 0.29) is 5.97 Å². The van der Waals surface area contributed by atoms with Crippen LogP contribution >= 0.6 is 22.7 Å². The van der Waals surface area contributed by atoms with Gasteiger partial charge in [0.1, 0.15) is 21.7 Å². The molecule has 3 rings (SSSR count). The van der Waals surface area contributed by atoms with Gasteiger partial charge in [-0.05, 0) is 33.3 Å². The van der Waals surface area contributed by atoms with Crippen molar-refractivity contribution in [1.82, 2.24) is 4.98 Å². The van der Waals surface area contributed by atoms with Crippen LogP contribution in [-0.2, 0) is 4.74 Å². The normalized spacial score (nSPS) is 11.2. The first-order valence-electron chi connectivity index (χ1n) is 9.11. The van der Waals surface area contributed by atoms with Gasteiger partial charge in [-0.15, -0.1) is 22.7 Å². The molecule has 0 spiro atoms. The monoisotopic (exact) mass is 423 g/mol. The van der Waals surface area contributed by atoms with Gasteiger partial charge in [0.15, 0.2) is 0 Å². The third-order valence-corrected chi connectivity index (χ3v) is 6.43. The Kier molecular flexibility index (Phi) is 6.47. The first-order valence-corrected chi connectivity index (χ1v) is 10.8. The highest BCUT2D eigenvalue weighted by Gasteiger charge is 2.20. The number of benzene rings is 1. The predicted octanol–water partition coefficient (Wildman–Crippen LogP) is 5.95. The average Bonchev–Trinajstić information content (AvgIpc) is 3.29. The van der Waals surface area contributed by atoms with E-state index in [9.17, 15) is 10.1 Å². The number of nitrogens with one attached hydrogen (secondary N) is 1. The molecule has 0 atom stereocenters. The molecule has 0 unspecified atom stereocenters. The number of thiazole rings is 1. The first kappa shape index (κ1) is 20.8. The number of aryl methyl sites for hydroxylation is 2. The highest BCUT2D eigenvalue weighted by atomic mass is 32.1. The maximum atomic E-state index is 12.3. The fourth-order valence-electron chi connectivity index (χ4n) is 2.71. The zero-order valence-corrected chi connectivity index (χ0v) is 18.3. The summed E-state index contributed by atoms with van der Waals surface area (Å²) >= 11 is 2.88. The van der Waals surface area contributed by atoms with Gasteiger partial charge in [0, 0.05) is 22.0 Å². The highest BCUT2D eigenvalue weighted by Crippen LogP contribution is 2.34. The molecule has 1 aromatic carbocycles. The molecule has 2 aromatic heterocycles. The quantitative estimate of drug-likeness (QED) is 0.392. The third kappa shape index (κ3) is 4.56. The van der Waals surface area contributed by atoms with E-state index in [0.717, 1.165) is 21.7 Å². The van der Waals surface area contributed by atoms with Crippen molar-refractivity contribution >= 4 is 39.2 Å². The number of hydrogen-bond donors (Lipinski definition) is 1. The van der Waals surface area contributed by atoms with Crippen molar-refractivity contribution in [2.24, 2.45) is 0 Å². The molecule has 0 radical (unpaired) electrons. The number of ether oxygens (including phenoxy) is 1. The number of nitriles is 1. The van der Waals surface area contributed by atoms with Gasteiger partial charge >= 0.3 is 5.97 Å².